The summed E-state index contributed by atoms with van der Waals surface area (Å²) >= 11 is 0. The van der Waals surface area contributed by atoms with Gasteiger partial charge in [0.1, 0.15) is 17.3 Å². The molecule has 0 amide bonds. The smallest absolute Gasteiger partial charge is 0.240 e. The molecule has 10 rings (SSSR count). The van der Waals surface area contributed by atoms with Crippen LogP contribution in [0.1, 0.15) is 58.2 Å². The molecule has 3 aliphatic rings. The summed E-state index contributed by atoms with van der Waals surface area (Å²) in [4.78, 5) is 6.68. The van der Waals surface area contributed by atoms with Crippen LogP contribution in [0.4, 0.5) is 30.2 Å². The molecule has 418 valence electrons. The van der Waals surface area contributed by atoms with Gasteiger partial charge in [0.2, 0.25) is 30.1 Å². The highest BCUT2D eigenvalue weighted by Gasteiger charge is 2.36. The van der Waals surface area contributed by atoms with Crippen molar-refractivity contribution >= 4 is 47.1 Å². The molecule has 0 radical (unpaired) electrons. The fraction of sp³-hybridized carbons (Fsp3) is 0.300. The summed E-state index contributed by atoms with van der Waals surface area (Å²) in [6.07, 6.45) is 2.86. The molecule has 3 heterocycles. The van der Waals surface area contributed by atoms with E-state index < -0.39 is 53.1 Å². The summed E-state index contributed by atoms with van der Waals surface area (Å²) in [5.41, 5.74) is 6.06. The van der Waals surface area contributed by atoms with Crippen molar-refractivity contribution in [3.63, 3.8) is 0 Å². The van der Waals surface area contributed by atoms with E-state index in [1.165, 1.54) is 34.5 Å². The Morgan fingerprint density at radius 3 is 1.13 bits per heavy atom. The lowest BCUT2D eigenvalue weighted by Crippen LogP contribution is -2.51. The Bertz CT molecular complexity index is 3590. The van der Waals surface area contributed by atoms with Crippen LogP contribution in [0.5, 0.6) is 11.5 Å². The summed E-state index contributed by atoms with van der Waals surface area (Å²) in [7, 11) is -11.2. The Balaban J connectivity index is 0.000000157. The third-order valence-corrected chi connectivity index (χ3v) is 18.6. The Kier molecular flexibility index (Phi) is 17.7. The van der Waals surface area contributed by atoms with Crippen LogP contribution in [0.3, 0.4) is 0 Å². The average molecular weight is 1140 g/mol. The van der Waals surface area contributed by atoms with Crippen LogP contribution in [-0.2, 0) is 49.3 Å². The first-order chi connectivity index (χ1) is 37.3. The van der Waals surface area contributed by atoms with Gasteiger partial charge in [-0.15, -0.1) is 0 Å². The number of benzene rings is 7. The molecule has 0 fully saturated rings. The molecule has 3 aliphatic heterocycles. The van der Waals surface area contributed by atoms with Gasteiger partial charge in [-0.1, -0.05) is 72.8 Å². The lowest BCUT2D eigenvalue weighted by molar-refractivity contribution is 0.458. The number of para-hydroxylation sites is 4. The number of anilines is 3. The van der Waals surface area contributed by atoms with Crippen LogP contribution < -0.4 is 33.6 Å². The number of fused-ring (bicyclic) bond motifs is 3. The first-order valence-corrected chi connectivity index (χ1v) is 30.4. The lowest BCUT2D eigenvalue weighted by Gasteiger charge is -2.38. The first-order valence-electron chi connectivity index (χ1n) is 25.9. The van der Waals surface area contributed by atoms with E-state index in [4.69, 9.17) is 4.74 Å². The predicted molar refractivity (Wildman–Crippen MR) is 306 cm³/mol. The van der Waals surface area contributed by atoms with Crippen LogP contribution in [0.2, 0.25) is 0 Å². The van der Waals surface area contributed by atoms with Crippen LogP contribution in [0, 0.1) is 17.5 Å². The van der Waals surface area contributed by atoms with E-state index in [0.717, 1.165) is 74.5 Å². The SMILES string of the molecule is CC(C)(CNS(=O)(=O)c1ccc(F)c(F)c1)N1CCc2ccccc21.CC(C)(CNS(=O)(=O)c1ccc(F)cc1)N1CCc2ccccc21.CC(C)(CNS(=O)(=O)c1ccc(Oc2ccccc2)cc1)N1CCc2ccccc21. The minimum absolute atomic E-state index is 0.0709. The van der Waals surface area contributed by atoms with Gasteiger partial charge in [0.05, 0.1) is 14.7 Å². The largest absolute Gasteiger partial charge is 0.457 e. The maximum Gasteiger partial charge on any atom is 0.240 e. The van der Waals surface area contributed by atoms with Crippen molar-refractivity contribution in [2.24, 2.45) is 0 Å². The summed E-state index contributed by atoms with van der Waals surface area (Å²) in [5.74, 6) is -1.42. The minimum Gasteiger partial charge on any atom is -0.457 e. The molecule has 0 atom stereocenters. The molecule has 0 spiro atoms. The van der Waals surface area contributed by atoms with Crippen LogP contribution in [0.25, 0.3) is 0 Å². The van der Waals surface area contributed by atoms with Gasteiger partial charge >= 0.3 is 0 Å². The fourth-order valence-corrected chi connectivity index (χ4v) is 13.4. The monoisotopic (exact) mass is 1140 g/mol. The lowest BCUT2D eigenvalue weighted by atomic mass is 10.0. The average Bonchev–Trinajstić information content (AvgIpc) is 4.24. The van der Waals surface area contributed by atoms with Crippen molar-refractivity contribution in [1.29, 1.82) is 0 Å². The molecule has 3 N–H and O–H groups in total. The Labute approximate surface area is 463 Å². The second-order valence-corrected chi connectivity index (χ2v) is 26.7. The van der Waals surface area contributed by atoms with Crippen molar-refractivity contribution in [2.75, 3.05) is 54.0 Å². The van der Waals surface area contributed by atoms with Crippen LogP contribution in [0.15, 0.2) is 185 Å². The zero-order valence-electron chi connectivity index (χ0n) is 45.1. The van der Waals surface area contributed by atoms with Gasteiger partial charge in [-0.05, 0) is 175 Å². The van der Waals surface area contributed by atoms with Crippen LogP contribution in [-0.4, -0.2) is 81.1 Å². The molecule has 19 heteroatoms. The van der Waals surface area contributed by atoms with Crippen molar-refractivity contribution in [2.45, 2.75) is 92.1 Å². The quantitative estimate of drug-likeness (QED) is 0.0802. The third kappa shape index (κ3) is 14.2. The molecule has 7 aromatic rings. The molecule has 0 bridgehead atoms. The number of rotatable bonds is 17. The van der Waals surface area contributed by atoms with Crippen molar-refractivity contribution in [3.8, 4) is 11.5 Å². The molecule has 0 unspecified atom stereocenters. The number of hydrogen-bond donors (Lipinski definition) is 3. The van der Waals surface area contributed by atoms with Crippen molar-refractivity contribution in [3.05, 3.63) is 204 Å². The number of nitrogens with one attached hydrogen (secondary N) is 3. The van der Waals surface area contributed by atoms with E-state index in [1.807, 2.05) is 100 Å². The molecule has 0 saturated heterocycles. The van der Waals surface area contributed by atoms with E-state index in [9.17, 15) is 38.4 Å². The standard InChI is InChI=1S/C24H26N2O3S.C18H20F2N2O2S.C18H21FN2O2S/c1-24(2,26-17-16-19-8-6-7-11-23(19)26)18-25-30(27,28)22-14-12-21(13-15-22)29-20-9-4-3-5-10-20;1-18(2,22-10-9-13-5-3-4-6-17(13)22)12-21-25(23,24)14-7-8-15(19)16(20)11-14;1-18(2,21-12-11-14-5-3-4-6-17(14)21)13-20-24(22,23)16-9-7-15(19)8-10-16/h3-15,25H,16-18H2,1-2H3;3-8,11,21H,9-10,12H2,1-2H3;3-10,20H,11-13H2,1-2H3. The Morgan fingerprint density at radius 1 is 0.405 bits per heavy atom. The zero-order valence-corrected chi connectivity index (χ0v) is 47.5. The van der Waals surface area contributed by atoms with Crippen LogP contribution >= 0.6 is 0 Å². The zero-order chi connectivity index (χ0) is 56.8. The molecular formula is C60H67F3N6O7S3. The number of hydrogen-bond acceptors (Lipinski definition) is 10. The van der Waals surface area contributed by atoms with E-state index >= 15 is 0 Å². The summed E-state index contributed by atoms with van der Waals surface area (Å²) in [5, 5.41) is 0. The Morgan fingerprint density at radius 2 is 0.734 bits per heavy atom. The maximum absolute atomic E-state index is 13.3. The number of ether oxygens (including phenoxy) is 1. The van der Waals surface area contributed by atoms with E-state index in [-0.39, 0.29) is 38.9 Å². The fourth-order valence-electron chi connectivity index (χ4n) is 9.82. The maximum atomic E-state index is 13.3. The van der Waals surface area contributed by atoms with Gasteiger partial charge in [-0.25, -0.2) is 52.6 Å². The van der Waals surface area contributed by atoms with Gasteiger partial charge in [-0.3, -0.25) is 0 Å². The van der Waals surface area contributed by atoms with Crippen molar-refractivity contribution in [1.82, 2.24) is 14.2 Å². The second-order valence-electron chi connectivity index (χ2n) is 21.4. The normalized spacial score (nSPS) is 14.4. The first kappa shape index (κ1) is 58.4. The third-order valence-electron chi connectivity index (χ3n) is 14.4. The van der Waals surface area contributed by atoms with E-state index in [0.29, 0.717) is 24.1 Å². The van der Waals surface area contributed by atoms with Gasteiger partial charge in [0, 0.05) is 72.9 Å². The minimum atomic E-state index is -3.92. The van der Waals surface area contributed by atoms with E-state index in [1.54, 1.807) is 24.3 Å². The summed E-state index contributed by atoms with van der Waals surface area (Å²) < 4.78 is 128. The molecular weight excluding hydrogens is 1070 g/mol. The highest BCUT2D eigenvalue weighted by atomic mass is 32.2. The molecule has 7 aromatic carbocycles. The number of sulfonamides is 3. The van der Waals surface area contributed by atoms with E-state index in [2.05, 4.69) is 73.0 Å². The summed E-state index contributed by atoms with van der Waals surface area (Å²) in [6, 6.07) is 47.8. The highest BCUT2D eigenvalue weighted by Crippen LogP contribution is 2.36. The molecule has 0 aliphatic carbocycles. The number of halogens is 3. The highest BCUT2D eigenvalue weighted by molar-refractivity contribution is 7.90. The topological polar surface area (TPSA) is 157 Å². The second kappa shape index (κ2) is 23.9. The molecule has 13 nitrogen and oxygen atoms in total. The Hall–Kier alpha value is -6.74. The summed E-state index contributed by atoms with van der Waals surface area (Å²) in [6.45, 7) is 15.3. The van der Waals surface area contributed by atoms with Gasteiger partial charge in [0.15, 0.2) is 11.6 Å². The molecule has 0 aromatic heterocycles. The van der Waals surface area contributed by atoms with Crippen molar-refractivity contribution < 1.29 is 43.2 Å². The number of nitrogens with zero attached hydrogens (tertiary/aromatic N) is 3. The van der Waals surface area contributed by atoms with Gasteiger partial charge < -0.3 is 19.4 Å². The molecule has 0 saturated carbocycles. The predicted octanol–water partition coefficient (Wildman–Crippen LogP) is 10.6. The molecule has 79 heavy (non-hydrogen) atoms. The van der Waals surface area contributed by atoms with Gasteiger partial charge in [-0.2, -0.15) is 0 Å². The van der Waals surface area contributed by atoms with Gasteiger partial charge in [0.25, 0.3) is 0 Å².